The van der Waals surface area contributed by atoms with Crippen molar-refractivity contribution in [1.29, 1.82) is 0 Å². The monoisotopic (exact) mass is 279 g/mol. The number of ether oxygens (including phenoxy) is 1. The molecule has 0 amide bonds. The van der Waals surface area contributed by atoms with Crippen LogP contribution >= 0.6 is 11.6 Å². The lowest BCUT2D eigenvalue weighted by atomic mass is 10.1. The molecule has 0 saturated carbocycles. The molecule has 0 heterocycles. The highest BCUT2D eigenvalue weighted by atomic mass is 35.5. The number of rotatable bonds is 4. The fraction of sp³-hybridized carbons (Fsp3) is 0.200. The molecule has 0 saturated heterocycles. The molecule has 0 atom stereocenters. The average Bonchev–Trinajstić information content (AvgIpc) is 2.38. The highest BCUT2D eigenvalue weighted by Crippen LogP contribution is 2.31. The Morgan fingerprint density at radius 3 is 2.74 bits per heavy atom. The summed E-state index contributed by atoms with van der Waals surface area (Å²) >= 11 is 5.95. The summed E-state index contributed by atoms with van der Waals surface area (Å²) in [7, 11) is 0. The maximum atomic E-state index is 13.9. The third-order valence-corrected chi connectivity index (χ3v) is 3.05. The van der Waals surface area contributed by atoms with Gasteiger partial charge in [0.25, 0.3) is 0 Å². The van der Waals surface area contributed by atoms with Crippen LogP contribution in [0.4, 0.5) is 4.39 Å². The van der Waals surface area contributed by atoms with E-state index in [4.69, 9.17) is 22.1 Å². The van der Waals surface area contributed by atoms with Crippen LogP contribution in [-0.2, 0) is 6.42 Å². The minimum absolute atomic E-state index is 0.195. The van der Waals surface area contributed by atoms with Crippen LogP contribution in [0.15, 0.2) is 36.4 Å². The van der Waals surface area contributed by atoms with Crippen molar-refractivity contribution in [1.82, 2.24) is 0 Å². The second-order valence-electron chi connectivity index (χ2n) is 4.28. The Morgan fingerprint density at radius 1 is 1.21 bits per heavy atom. The van der Waals surface area contributed by atoms with E-state index in [-0.39, 0.29) is 11.6 Å². The van der Waals surface area contributed by atoms with Crippen LogP contribution in [-0.4, -0.2) is 6.54 Å². The summed E-state index contributed by atoms with van der Waals surface area (Å²) in [6.45, 7) is 2.19. The van der Waals surface area contributed by atoms with Gasteiger partial charge in [-0.25, -0.2) is 4.39 Å². The molecular weight excluding hydrogens is 265 g/mol. The predicted molar refractivity (Wildman–Crippen MR) is 75.4 cm³/mol. The number of halogens is 2. The quantitative estimate of drug-likeness (QED) is 0.915. The minimum Gasteiger partial charge on any atom is -0.454 e. The lowest BCUT2D eigenvalue weighted by molar-refractivity contribution is 0.435. The van der Waals surface area contributed by atoms with Crippen LogP contribution < -0.4 is 10.5 Å². The Bertz CT molecular complexity index is 586. The zero-order valence-corrected chi connectivity index (χ0v) is 11.4. The highest BCUT2D eigenvalue weighted by Gasteiger charge is 2.10. The summed E-state index contributed by atoms with van der Waals surface area (Å²) in [5.41, 5.74) is 7.00. The first-order valence-electron chi connectivity index (χ1n) is 6.03. The molecule has 19 heavy (non-hydrogen) atoms. The normalized spacial score (nSPS) is 10.5. The van der Waals surface area contributed by atoms with Crippen LogP contribution in [0.2, 0.25) is 5.02 Å². The summed E-state index contributed by atoms with van der Waals surface area (Å²) in [4.78, 5) is 0. The number of aryl methyl sites for hydroxylation is 1. The van der Waals surface area contributed by atoms with E-state index in [1.54, 1.807) is 37.3 Å². The molecule has 0 aliphatic rings. The summed E-state index contributed by atoms with van der Waals surface area (Å²) in [6.07, 6.45) is 0.653. The molecule has 2 aromatic rings. The van der Waals surface area contributed by atoms with Crippen molar-refractivity contribution in [2.75, 3.05) is 6.54 Å². The maximum absolute atomic E-state index is 13.9. The number of hydrogen-bond donors (Lipinski definition) is 1. The van der Waals surface area contributed by atoms with Crippen LogP contribution in [0.3, 0.4) is 0 Å². The van der Waals surface area contributed by atoms with E-state index < -0.39 is 0 Å². The van der Waals surface area contributed by atoms with Gasteiger partial charge >= 0.3 is 0 Å². The average molecular weight is 280 g/mol. The molecule has 0 aliphatic carbocycles. The minimum atomic E-state index is -0.360. The molecule has 0 unspecified atom stereocenters. The summed E-state index contributed by atoms with van der Waals surface area (Å²) < 4.78 is 19.6. The van der Waals surface area contributed by atoms with Crippen LogP contribution in [0.5, 0.6) is 11.5 Å². The van der Waals surface area contributed by atoms with Crippen molar-refractivity contribution in [3.63, 3.8) is 0 Å². The van der Waals surface area contributed by atoms with E-state index in [0.717, 1.165) is 5.56 Å². The first-order chi connectivity index (χ1) is 9.11. The molecule has 0 fully saturated rings. The Balaban J connectivity index is 2.36. The predicted octanol–water partition coefficient (Wildman–Crippen LogP) is 4.08. The van der Waals surface area contributed by atoms with E-state index in [2.05, 4.69) is 0 Å². The second kappa shape index (κ2) is 6.04. The summed E-state index contributed by atoms with van der Waals surface area (Å²) in [5, 5.41) is 0.545. The molecule has 0 radical (unpaired) electrons. The molecule has 0 spiro atoms. The molecule has 0 aromatic heterocycles. The van der Waals surface area contributed by atoms with Gasteiger partial charge in [-0.2, -0.15) is 0 Å². The molecule has 100 valence electrons. The van der Waals surface area contributed by atoms with Crippen molar-refractivity contribution in [2.24, 2.45) is 5.73 Å². The number of nitrogens with two attached hydrogens (primary N) is 1. The van der Waals surface area contributed by atoms with E-state index in [9.17, 15) is 4.39 Å². The van der Waals surface area contributed by atoms with Crippen molar-refractivity contribution in [3.05, 3.63) is 58.4 Å². The third kappa shape index (κ3) is 3.25. The maximum Gasteiger partial charge on any atom is 0.168 e. The van der Waals surface area contributed by atoms with Gasteiger partial charge in [-0.15, -0.1) is 0 Å². The number of hydrogen-bond acceptors (Lipinski definition) is 2. The van der Waals surface area contributed by atoms with E-state index >= 15 is 0 Å². The van der Waals surface area contributed by atoms with Gasteiger partial charge in [-0.3, -0.25) is 0 Å². The highest BCUT2D eigenvalue weighted by molar-refractivity contribution is 6.30. The van der Waals surface area contributed by atoms with Crippen molar-refractivity contribution >= 4 is 11.6 Å². The van der Waals surface area contributed by atoms with Gasteiger partial charge in [0.15, 0.2) is 11.6 Å². The van der Waals surface area contributed by atoms with E-state index in [1.165, 1.54) is 0 Å². The topological polar surface area (TPSA) is 35.2 Å². The first kappa shape index (κ1) is 13.8. The zero-order valence-electron chi connectivity index (χ0n) is 10.6. The molecule has 2 N–H and O–H groups in total. The van der Waals surface area contributed by atoms with Crippen LogP contribution in [0, 0.1) is 12.7 Å². The van der Waals surface area contributed by atoms with Gasteiger partial charge in [0.05, 0.1) is 0 Å². The molecular formula is C15H15ClFNO. The van der Waals surface area contributed by atoms with Gasteiger partial charge in [-0.1, -0.05) is 29.8 Å². The summed E-state index contributed by atoms with van der Waals surface area (Å²) in [5.74, 6) is 0.379. The second-order valence-corrected chi connectivity index (χ2v) is 4.72. The number of benzene rings is 2. The molecule has 0 aliphatic heterocycles. The van der Waals surface area contributed by atoms with Gasteiger partial charge in [0.2, 0.25) is 0 Å². The summed E-state index contributed by atoms with van der Waals surface area (Å²) in [6, 6.07) is 10.3. The lowest BCUT2D eigenvalue weighted by Gasteiger charge is -2.12. The van der Waals surface area contributed by atoms with Crippen molar-refractivity contribution in [3.8, 4) is 11.5 Å². The fourth-order valence-electron chi connectivity index (χ4n) is 1.80. The van der Waals surface area contributed by atoms with E-state index in [0.29, 0.717) is 29.3 Å². The van der Waals surface area contributed by atoms with Gasteiger partial charge in [-0.05, 0) is 49.2 Å². The first-order valence-corrected chi connectivity index (χ1v) is 6.41. The molecule has 2 rings (SSSR count). The Labute approximate surface area is 117 Å². The van der Waals surface area contributed by atoms with E-state index in [1.807, 2.05) is 6.07 Å². The van der Waals surface area contributed by atoms with Crippen LogP contribution in [0.25, 0.3) is 0 Å². The van der Waals surface area contributed by atoms with Crippen molar-refractivity contribution < 1.29 is 9.13 Å². The molecule has 0 bridgehead atoms. The smallest absolute Gasteiger partial charge is 0.168 e. The Morgan fingerprint density at radius 2 is 2.00 bits per heavy atom. The fourth-order valence-corrected chi connectivity index (χ4v) is 1.97. The van der Waals surface area contributed by atoms with Gasteiger partial charge in [0.1, 0.15) is 5.75 Å². The zero-order chi connectivity index (χ0) is 13.8. The molecule has 4 heteroatoms. The standard InChI is InChI=1S/C15H15ClFNO/c1-10-3-2-4-13(15(10)17)19-14-9-12(16)6-5-11(14)7-8-18/h2-6,9H,7-8,18H2,1H3. The molecule has 2 aromatic carbocycles. The van der Waals surface area contributed by atoms with Gasteiger partial charge < -0.3 is 10.5 Å². The van der Waals surface area contributed by atoms with Crippen molar-refractivity contribution in [2.45, 2.75) is 13.3 Å². The molecule has 2 nitrogen and oxygen atoms in total. The largest absolute Gasteiger partial charge is 0.454 e. The SMILES string of the molecule is Cc1cccc(Oc2cc(Cl)ccc2CCN)c1F. The lowest BCUT2D eigenvalue weighted by Crippen LogP contribution is -2.04. The Kier molecular flexibility index (Phi) is 4.40. The third-order valence-electron chi connectivity index (χ3n) is 2.82. The Hall–Kier alpha value is -1.58. The van der Waals surface area contributed by atoms with Crippen LogP contribution in [0.1, 0.15) is 11.1 Å². The van der Waals surface area contributed by atoms with Gasteiger partial charge in [0, 0.05) is 5.02 Å².